The van der Waals surface area contributed by atoms with Gasteiger partial charge in [0.1, 0.15) is 5.75 Å². The zero-order valence-corrected chi connectivity index (χ0v) is 10.2. The van der Waals surface area contributed by atoms with Crippen molar-refractivity contribution in [2.75, 3.05) is 13.7 Å². The maximum Gasteiger partial charge on any atom is 0.118 e. The van der Waals surface area contributed by atoms with Crippen LogP contribution in [0.25, 0.3) is 0 Å². The molecule has 16 heavy (non-hydrogen) atoms. The van der Waals surface area contributed by atoms with Crippen LogP contribution in [0.15, 0.2) is 24.3 Å². The Morgan fingerprint density at radius 1 is 1.31 bits per heavy atom. The summed E-state index contributed by atoms with van der Waals surface area (Å²) in [5, 5.41) is 3.60. The molecular weight excluding hydrogens is 198 g/mol. The van der Waals surface area contributed by atoms with E-state index in [0.717, 1.165) is 18.2 Å². The van der Waals surface area contributed by atoms with Gasteiger partial charge in [-0.1, -0.05) is 18.6 Å². The average molecular weight is 219 g/mol. The number of nitrogens with one attached hydrogen (secondary N) is 1. The predicted octanol–water partition coefficient (Wildman–Crippen LogP) is 3.15. The number of hydrogen-bond acceptors (Lipinski definition) is 2. The minimum atomic E-state index is 0.437. The smallest absolute Gasteiger partial charge is 0.118 e. The summed E-state index contributed by atoms with van der Waals surface area (Å²) in [6.45, 7) is 3.38. The highest BCUT2D eigenvalue weighted by molar-refractivity contribution is 5.28. The zero-order chi connectivity index (χ0) is 11.4. The topological polar surface area (TPSA) is 21.3 Å². The van der Waals surface area contributed by atoms with Crippen LogP contribution < -0.4 is 10.1 Å². The highest BCUT2D eigenvalue weighted by Crippen LogP contribution is 2.26. The Labute approximate surface area is 98.0 Å². The minimum Gasteiger partial charge on any atom is -0.497 e. The Hall–Kier alpha value is -1.02. The molecule has 2 rings (SSSR count). The van der Waals surface area contributed by atoms with Crippen LogP contribution in [0.4, 0.5) is 0 Å². The number of ether oxygens (including phenoxy) is 1. The molecule has 0 aromatic heterocycles. The van der Waals surface area contributed by atoms with E-state index in [4.69, 9.17) is 4.74 Å². The van der Waals surface area contributed by atoms with Gasteiger partial charge in [0.05, 0.1) is 7.11 Å². The average Bonchev–Trinajstić information content (AvgIpc) is 2.27. The van der Waals surface area contributed by atoms with Gasteiger partial charge in [-0.05, 0) is 49.9 Å². The van der Waals surface area contributed by atoms with Crippen LogP contribution in [0.1, 0.15) is 37.8 Å². The van der Waals surface area contributed by atoms with E-state index < -0.39 is 0 Å². The largest absolute Gasteiger partial charge is 0.497 e. The molecule has 1 atom stereocenters. The first-order valence-electron chi connectivity index (χ1n) is 6.17. The fraction of sp³-hybridized carbons (Fsp3) is 0.571. The Balaban J connectivity index is 1.84. The van der Waals surface area contributed by atoms with Gasteiger partial charge in [-0.2, -0.15) is 0 Å². The fourth-order valence-corrected chi connectivity index (χ4v) is 2.05. The summed E-state index contributed by atoms with van der Waals surface area (Å²) in [4.78, 5) is 0. The molecule has 0 amide bonds. The predicted molar refractivity (Wildman–Crippen MR) is 66.8 cm³/mol. The van der Waals surface area contributed by atoms with E-state index in [2.05, 4.69) is 24.4 Å². The summed E-state index contributed by atoms with van der Waals surface area (Å²) in [6, 6.07) is 8.76. The first kappa shape index (κ1) is 11.5. The minimum absolute atomic E-state index is 0.437. The van der Waals surface area contributed by atoms with Crippen LogP contribution in [-0.2, 0) is 0 Å². The molecule has 0 saturated heterocycles. The maximum absolute atomic E-state index is 5.15. The van der Waals surface area contributed by atoms with E-state index in [-0.39, 0.29) is 0 Å². The molecule has 1 unspecified atom stereocenters. The normalized spacial score (nSPS) is 17.9. The zero-order valence-electron chi connectivity index (χ0n) is 10.2. The monoisotopic (exact) mass is 219 g/mol. The van der Waals surface area contributed by atoms with Crippen molar-refractivity contribution in [2.45, 2.75) is 32.2 Å². The number of benzene rings is 1. The molecule has 1 fully saturated rings. The molecule has 1 N–H and O–H groups in total. The van der Waals surface area contributed by atoms with Crippen LogP contribution in [0.5, 0.6) is 5.75 Å². The van der Waals surface area contributed by atoms with E-state index in [1.165, 1.54) is 24.8 Å². The van der Waals surface area contributed by atoms with E-state index in [1.807, 2.05) is 12.1 Å². The fourth-order valence-electron chi connectivity index (χ4n) is 2.05. The van der Waals surface area contributed by atoms with Crippen LogP contribution in [0.3, 0.4) is 0 Å². The summed E-state index contributed by atoms with van der Waals surface area (Å²) in [6.07, 6.45) is 4.23. The molecule has 0 spiro atoms. The maximum atomic E-state index is 5.15. The lowest BCUT2D eigenvalue weighted by atomic mass is 9.85. The van der Waals surface area contributed by atoms with E-state index in [0.29, 0.717) is 6.04 Å². The third-order valence-corrected chi connectivity index (χ3v) is 3.55. The van der Waals surface area contributed by atoms with Gasteiger partial charge in [0.25, 0.3) is 0 Å². The lowest BCUT2D eigenvalue weighted by Gasteiger charge is -2.27. The third-order valence-electron chi connectivity index (χ3n) is 3.55. The third kappa shape index (κ3) is 2.76. The Kier molecular flexibility index (Phi) is 3.83. The van der Waals surface area contributed by atoms with Crippen molar-refractivity contribution in [1.82, 2.24) is 5.32 Å². The van der Waals surface area contributed by atoms with Gasteiger partial charge < -0.3 is 10.1 Å². The van der Waals surface area contributed by atoms with E-state index in [9.17, 15) is 0 Å². The Morgan fingerprint density at radius 2 is 2.00 bits per heavy atom. The van der Waals surface area contributed by atoms with Crippen molar-refractivity contribution in [2.24, 2.45) is 5.92 Å². The summed E-state index contributed by atoms with van der Waals surface area (Å²) in [7, 11) is 1.70. The highest BCUT2D eigenvalue weighted by atomic mass is 16.5. The van der Waals surface area contributed by atoms with Gasteiger partial charge >= 0.3 is 0 Å². The molecule has 1 aromatic rings. The molecule has 1 aliphatic carbocycles. The molecule has 88 valence electrons. The Bertz CT molecular complexity index is 316. The molecule has 0 bridgehead atoms. The molecule has 1 saturated carbocycles. The second-order valence-corrected chi connectivity index (χ2v) is 4.70. The summed E-state index contributed by atoms with van der Waals surface area (Å²) in [5.41, 5.74) is 1.33. The summed E-state index contributed by atoms with van der Waals surface area (Å²) < 4.78 is 5.15. The van der Waals surface area contributed by atoms with Crippen LogP contribution in [0.2, 0.25) is 0 Å². The standard InChI is InChI=1S/C14H21NO/c1-11(15-10-12-4-3-5-12)13-6-8-14(16-2)9-7-13/h6-9,11-12,15H,3-5,10H2,1-2H3. The highest BCUT2D eigenvalue weighted by Gasteiger charge is 2.17. The lowest BCUT2D eigenvalue weighted by Crippen LogP contribution is -2.29. The lowest BCUT2D eigenvalue weighted by molar-refractivity contribution is 0.292. The molecule has 0 radical (unpaired) electrons. The molecule has 2 heteroatoms. The van der Waals surface area contributed by atoms with Gasteiger partial charge in [0.15, 0.2) is 0 Å². The summed E-state index contributed by atoms with van der Waals surface area (Å²) >= 11 is 0. The van der Waals surface area contributed by atoms with Gasteiger partial charge in [-0.15, -0.1) is 0 Å². The molecule has 1 aromatic carbocycles. The van der Waals surface area contributed by atoms with Gasteiger partial charge in [0, 0.05) is 6.04 Å². The number of methoxy groups -OCH3 is 1. The molecule has 0 aliphatic heterocycles. The number of hydrogen-bond donors (Lipinski definition) is 1. The van der Waals surface area contributed by atoms with Gasteiger partial charge in [0.2, 0.25) is 0 Å². The molecular formula is C14H21NO. The van der Waals surface area contributed by atoms with Crippen LogP contribution in [-0.4, -0.2) is 13.7 Å². The quantitative estimate of drug-likeness (QED) is 0.821. The van der Waals surface area contributed by atoms with Crippen molar-refractivity contribution < 1.29 is 4.74 Å². The van der Waals surface area contributed by atoms with E-state index >= 15 is 0 Å². The van der Waals surface area contributed by atoms with Crippen molar-refractivity contribution in [3.8, 4) is 5.75 Å². The van der Waals surface area contributed by atoms with Gasteiger partial charge in [-0.25, -0.2) is 0 Å². The first-order chi connectivity index (χ1) is 7.79. The van der Waals surface area contributed by atoms with Gasteiger partial charge in [-0.3, -0.25) is 0 Å². The molecule has 1 aliphatic rings. The van der Waals surface area contributed by atoms with E-state index in [1.54, 1.807) is 7.11 Å². The summed E-state index contributed by atoms with van der Waals surface area (Å²) in [5.74, 6) is 1.84. The van der Waals surface area contributed by atoms with Crippen molar-refractivity contribution in [1.29, 1.82) is 0 Å². The van der Waals surface area contributed by atoms with Crippen molar-refractivity contribution >= 4 is 0 Å². The SMILES string of the molecule is COc1ccc(C(C)NCC2CCC2)cc1. The number of rotatable bonds is 5. The van der Waals surface area contributed by atoms with Crippen LogP contribution in [0, 0.1) is 5.92 Å². The second kappa shape index (κ2) is 5.35. The molecule has 2 nitrogen and oxygen atoms in total. The van der Waals surface area contributed by atoms with Crippen molar-refractivity contribution in [3.05, 3.63) is 29.8 Å². The second-order valence-electron chi connectivity index (χ2n) is 4.70. The Morgan fingerprint density at radius 3 is 2.50 bits per heavy atom. The van der Waals surface area contributed by atoms with Crippen molar-refractivity contribution in [3.63, 3.8) is 0 Å². The van der Waals surface area contributed by atoms with Crippen LogP contribution >= 0.6 is 0 Å². The molecule has 0 heterocycles. The first-order valence-corrected chi connectivity index (χ1v) is 6.17.